The third-order valence-corrected chi connectivity index (χ3v) is 3.46. The number of nitrogens with zero attached hydrogens (tertiary/aromatic N) is 1. The lowest BCUT2D eigenvalue weighted by Crippen LogP contribution is -2.02. The van der Waals surface area contributed by atoms with Crippen LogP contribution in [-0.2, 0) is 0 Å². The first-order valence-electron chi connectivity index (χ1n) is 5.78. The smallest absolute Gasteiger partial charge is 0.354 e. The highest BCUT2D eigenvalue weighted by atomic mass is 16.4. The van der Waals surface area contributed by atoms with Crippen LogP contribution in [0.25, 0.3) is 11.3 Å². The number of hydrogen-bond donors (Lipinski definition) is 2. The van der Waals surface area contributed by atoms with Crippen LogP contribution in [0.4, 0.5) is 0 Å². The molecule has 0 saturated heterocycles. The normalized spacial score (nSPS) is 10.7. The van der Waals surface area contributed by atoms with E-state index in [1.807, 2.05) is 27.7 Å². The molecule has 0 atom stereocenters. The maximum absolute atomic E-state index is 11.2. The van der Waals surface area contributed by atoms with Crippen LogP contribution in [0.2, 0.25) is 0 Å². The van der Waals surface area contributed by atoms with Crippen LogP contribution in [-0.4, -0.2) is 21.0 Å². The molecule has 0 saturated carbocycles. The van der Waals surface area contributed by atoms with E-state index >= 15 is 0 Å². The van der Waals surface area contributed by atoms with Crippen molar-refractivity contribution in [2.24, 2.45) is 0 Å². The molecule has 0 radical (unpaired) electrons. The molecule has 1 aromatic heterocycles. The van der Waals surface area contributed by atoms with E-state index in [2.05, 4.69) is 16.0 Å². The second-order valence-electron chi connectivity index (χ2n) is 4.57. The van der Waals surface area contributed by atoms with Gasteiger partial charge in [0.2, 0.25) is 0 Å². The first-order valence-corrected chi connectivity index (χ1v) is 5.78. The van der Waals surface area contributed by atoms with E-state index in [9.17, 15) is 4.79 Å². The molecule has 0 amide bonds. The zero-order valence-corrected chi connectivity index (χ0v) is 11.0. The Kier molecular flexibility index (Phi) is 2.95. The quantitative estimate of drug-likeness (QED) is 0.853. The largest absolute Gasteiger partial charge is 0.477 e. The highest BCUT2D eigenvalue weighted by Gasteiger charge is 2.19. The van der Waals surface area contributed by atoms with Crippen molar-refractivity contribution in [3.63, 3.8) is 0 Å². The summed E-state index contributed by atoms with van der Waals surface area (Å²) in [5.41, 5.74) is 6.03. The second-order valence-corrected chi connectivity index (χ2v) is 4.57. The average molecular weight is 244 g/mol. The molecule has 0 spiro atoms. The van der Waals surface area contributed by atoms with Crippen LogP contribution in [0, 0.1) is 27.7 Å². The topological polar surface area (TPSA) is 66.0 Å². The maximum atomic E-state index is 11.2. The summed E-state index contributed by atoms with van der Waals surface area (Å²) in [4.78, 5) is 18.0. The molecule has 0 aliphatic heterocycles. The van der Waals surface area contributed by atoms with E-state index in [0.717, 1.165) is 27.8 Å². The van der Waals surface area contributed by atoms with Crippen molar-refractivity contribution in [3.8, 4) is 11.3 Å². The van der Waals surface area contributed by atoms with Crippen molar-refractivity contribution < 1.29 is 9.90 Å². The van der Waals surface area contributed by atoms with E-state index in [0.29, 0.717) is 5.69 Å². The lowest BCUT2D eigenvalue weighted by Gasteiger charge is -2.14. The van der Waals surface area contributed by atoms with Crippen LogP contribution in [0.15, 0.2) is 12.4 Å². The number of H-pyrrole nitrogens is 1. The van der Waals surface area contributed by atoms with Crippen molar-refractivity contribution in [2.45, 2.75) is 27.7 Å². The molecule has 2 aromatic rings. The third kappa shape index (κ3) is 1.79. The van der Waals surface area contributed by atoms with Crippen molar-refractivity contribution in [1.29, 1.82) is 0 Å². The number of aromatic nitrogens is 2. The van der Waals surface area contributed by atoms with Crippen molar-refractivity contribution in [3.05, 3.63) is 40.3 Å². The van der Waals surface area contributed by atoms with Gasteiger partial charge in [-0.3, -0.25) is 0 Å². The Morgan fingerprint density at radius 2 is 1.72 bits per heavy atom. The predicted octanol–water partition coefficient (Wildman–Crippen LogP) is 3.01. The highest BCUT2D eigenvalue weighted by molar-refractivity contribution is 5.94. The Morgan fingerprint density at radius 3 is 2.22 bits per heavy atom. The third-order valence-electron chi connectivity index (χ3n) is 3.46. The molecular formula is C14H16N2O2. The van der Waals surface area contributed by atoms with Gasteiger partial charge in [-0.05, 0) is 49.9 Å². The Balaban J connectivity index is 2.79. The minimum atomic E-state index is -0.986. The van der Waals surface area contributed by atoms with Gasteiger partial charge in [0, 0.05) is 5.56 Å². The minimum absolute atomic E-state index is 0.145. The number of rotatable bonds is 2. The molecule has 2 N–H and O–H groups in total. The Labute approximate surface area is 106 Å². The summed E-state index contributed by atoms with van der Waals surface area (Å²) in [6, 6.07) is 2.11. The van der Waals surface area contributed by atoms with Crippen LogP contribution < -0.4 is 0 Å². The molecule has 2 rings (SSSR count). The summed E-state index contributed by atoms with van der Waals surface area (Å²) >= 11 is 0. The minimum Gasteiger partial charge on any atom is -0.477 e. The van der Waals surface area contributed by atoms with Gasteiger partial charge in [0.15, 0.2) is 5.69 Å². The molecule has 94 valence electrons. The van der Waals surface area contributed by atoms with E-state index < -0.39 is 5.97 Å². The number of aromatic amines is 1. The first-order chi connectivity index (χ1) is 8.43. The summed E-state index contributed by atoms with van der Waals surface area (Å²) in [6.45, 7) is 8.05. The molecule has 0 unspecified atom stereocenters. The van der Waals surface area contributed by atoms with Gasteiger partial charge in [-0.1, -0.05) is 6.07 Å². The number of hydrogen-bond acceptors (Lipinski definition) is 2. The molecule has 0 aliphatic rings. The molecule has 4 nitrogen and oxygen atoms in total. The molecular weight excluding hydrogens is 228 g/mol. The van der Waals surface area contributed by atoms with Gasteiger partial charge in [0.25, 0.3) is 0 Å². The molecule has 18 heavy (non-hydrogen) atoms. The van der Waals surface area contributed by atoms with Crippen LogP contribution in [0.3, 0.4) is 0 Å². The lowest BCUT2D eigenvalue weighted by molar-refractivity contribution is 0.0692. The maximum Gasteiger partial charge on any atom is 0.354 e. The predicted molar refractivity (Wildman–Crippen MR) is 69.9 cm³/mol. The van der Waals surface area contributed by atoms with E-state index in [-0.39, 0.29) is 5.69 Å². The summed E-state index contributed by atoms with van der Waals surface area (Å²) in [7, 11) is 0. The standard InChI is InChI=1S/C14H16N2O2/c1-7-5-8(2)10(4)11(9(7)3)12-13(14(17)18)16-6-15-12/h5-6H,1-4H3,(H,15,16)(H,17,18). The fraction of sp³-hybridized carbons (Fsp3) is 0.286. The van der Waals surface area contributed by atoms with Gasteiger partial charge in [0.05, 0.1) is 6.33 Å². The van der Waals surface area contributed by atoms with Crippen LogP contribution in [0.5, 0.6) is 0 Å². The fourth-order valence-electron chi connectivity index (χ4n) is 2.22. The monoisotopic (exact) mass is 244 g/mol. The van der Waals surface area contributed by atoms with Gasteiger partial charge in [0.1, 0.15) is 5.69 Å². The number of imidazole rings is 1. The zero-order valence-electron chi connectivity index (χ0n) is 11.0. The van der Waals surface area contributed by atoms with E-state index in [1.165, 1.54) is 6.33 Å². The van der Waals surface area contributed by atoms with Gasteiger partial charge in [-0.25, -0.2) is 9.78 Å². The zero-order chi connectivity index (χ0) is 13.4. The van der Waals surface area contributed by atoms with Crippen molar-refractivity contribution in [2.75, 3.05) is 0 Å². The molecule has 4 heteroatoms. The summed E-state index contributed by atoms with van der Waals surface area (Å²) in [5.74, 6) is -0.986. The number of nitrogens with one attached hydrogen (secondary N) is 1. The second kappa shape index (κ2) is 4.29. The van der Waals surface area contributed by atoms with Gasteiger partial charge < -0.3 is 10.1 Å². The first kappa shape index (κ1) is 12.4. The van der Waals surface area contributed by atoms with Crippen molar-refractivity contribution >= 4 is 5.97 Å². The lowest BCUT2D eigenvalue weighted by atomic mass is 9.91. The number of carboxylic acids is 1. The van der Waals surface area contributed by atoms with Gasteiger partial charge in [-0.2, -0.15) is 0 Å². The molecule has 0 aliphatic carbocycles. The SMILES string of the molecule is Cc1cc(C)c(C)c(-c2nc[nH]c2C(=O)O)c1C. The number of carbonyl (C=O) groups is 1. The average Bonchev–Trinajstić information content (AvgIpc) is 2.76. The van der Waals surface area contributed by atoms with Gasteiger partial charge in [-0.15, -0.1) is 0 Å². The molecule has 0 bridgehead atoms. The number of aromatic carboxylic acids is 1. The fourth-order valence-corrected chi connectivity index (χ4v) is 2.22. The van der Waals surface area contributed by atoms with Crippen LogP contribution >= 0.6 is 0 Å². The van der Waals surface area contributed by atoms with Crippen LogP contribution in [0.1, 0.15) is 32.7 Å². The highest BCUT2D eigenvalue weighted by Crippen LogP contribution is 2.31. The van der Waals surface area contributed by atoms with Gasteiger partial charge >= 0.3 is 5.97 Å². The Morgan fingerprint density at radius 1 is 1.17 bits per heavy atom. The Hall–Kier alpha value is -2.10. The molecule has 1 heterocycles. The van der Waals surface area contributed by atoms with E-state index in [4.69, 9.17) is 5.11 Å². The molecule has 1 aromatic carbocycles. The summed E-state index contributed by atoms with van der Waals surface area (Å²) in [6.07, 6.45) is 1.43. The number of benzene rings is 1. The number of aryl methyl sites for hydroxylation is 2. The molecule has 0 fully saturated rings. The summed E-state index contributed by atoms with van der Waals surface area (Å²) < 4.78 is 0. The van der Waals surface area contributed by atoms with E-state index in [1.54, 1.807) is 0 Å². The number of carboxylic acid groups (broad SMARTS) is 1. The Bertz CT molecular complexity index is 601. The van der Waals surface area contributed by atoms with Crippen molar-refractivity contribution in [1.82, 2.24) is 9.97 Å². The summed E-state index contributed by atoms with van der Waals surface area (Å²) in [5, 5.41) is 9.16.